The number of morpholine rings is 1. The number of anilines is 1. The van der Waals surface area contributed by atoms with Crippen LogP contribution in [-0.2, 0) is 11.3 Å². The lowest BCUT2D eigenvalue weighted by atomic mass is 10.2. The lowest BCUT2D eigenvalue weighted by Gasteiger charge is -2.30. The molecule has 1 saturated heterocycles. The van der Waals surface area contributed by atoms with E-state index in [0.717, 1.165) is 22.3 Å². The van der Waals surface area contributed by atoms with Crippen molar-refractivity contribution in [1.29, 1.82) is 0 Å². The zero-order chi connectivity index (χ0) is 17.6. The molecule has 0 saturated carbocycles. The molecule has 0 aromatic carbocycles. The summed E-state index contributed by atoms with van der Waals surface area (Å²) in [4.78, 5) is 22.5. The van der Waals surface area contributed by atoms with Crippen molar-refractivity contribution < 1.29 is 9.53 Å². The summed E-state index contributed by atoms with van der Waals surface area (Å²) in [6, 6.07) is 7.42. The molecule has 0 radical (unpaired) electrons. The van der Waals surface area contributed by atoms with Crippen LogP contribution in [0.2, 0.25) is 4.34 Å². The number of thiophene rings is 1. The van der Waals surface area contributed by atoms with Gasteiger partial charge in [0, 0.05) is 30.7 Å². The summed E-state index contributed by atoms with van der Waals surface area (Å²) in [6.45, 7) is 7.51. The minimum atomic E-state index is -0.0565. The van der Waals surface area contributed by atoms with Crippen LogP contribution in [0.4, 0.5) is 5.82 Å². The average molecular weight is 378 g/mol. The van der Waals surface area contributed by atoms with Crippen molar-refractivity contribution in [1.82, 2.24) is 9.88 Å². The second-order valence-corrected chi connectivity index (χ2v) is 7.45. The van der Waals surface area contributed by atoms with Gasteiger partial charge in [0.15, 0.2) is 0 Å². The van der Waals surface area contributed by atoms with Crippen LogP contribution in [0.5, 0.6) is 0 Å². The first-order valence-corrected chi connectivity index (χ1v) is 9.30. The number of carbonyl (C=O) groups is 1. The van der Waals surface area contributed by atoms with Crippen molar-refractivity contribution >= 4 is 34.7 Å². The van der Waals surface area contributed by atoms with Crippen LogP contribution in [0.1, 0.15) is 15.2 Å². The molecule has 0 unspecified atom stereocenters. The highest BCUT2D eigenvalue weighted by Crippen LogP contribution is 2.25. The molecule has 25 heavy (non-hydrogen) atoms. The molecule has 0 aliphatic carbocycles. The molecule has 1 aliphatic rings. The number of ether oxygens (including phenoxy) is 1. The zero-order valence-corrected chi connectivity index (χ0v) is 15.4. The molecule has 1 fully saturated rings. The highest BCUT2D eigenvalue weighted by atomic mass is 35.5. The van der Waals surface area contributed by atoms with Gasteiger partial charge in [0.2, 0.25) is 0 Å². The molecule has 2 aromatic heterocycles. The third-order valence-corrected chi connectivity index (χ3v) is 5.16. The van der Waals surface area contributed by atoms with Crippen molar-refractivity contribution in [2.24, 2.45) is 0 Å². The number of halogens is 1. The molecule has 1 amide bonds. The summed E-state index contributed by atoms with van der Waals surface area (Å²) < 4.78 is 6.12. The molecule has 0 N–H and O–H groups in total. The Bertz CT molecular complexity index is 743. The second kappa shape index (κ2) is 8.47. The Morgan fingerprint density at radius 3 is 2.88 bits per heavy atom. The summed E-state index contributed by atoms with van der Waals surface area (Å²) in [5.41, 5.74) is 0.605. The molecule has 5 nitrogen and oxygen atoms in total. The number of amides is 1. The molecule has 1 aliphatic heterocycles. The Labute approximate surface area is 156 Å². The van der Waals surface area contributed by atoms with E-state index in [9.17, 15) is 4.79 Å². The van der Waals surface area contributed by atoms with Gasteiger partial charge in [0.1, 0.15) is 5.82 Å². The predicted octanol–water partition coefficient (Wildman–Crippen LogP) is 3.46. The number of pyridine rings is 1. The van der Waals surface area contributed by atoms with Gasteiger partial charge in [-0.1, -0.05) is 17.7 Å². The molecule has 0 atom stereocenters. The first-order valence-electron chi connectivity index (χ1n) is 8.11. The molecule has 2 aromatic rings. The summed E-state index contributed by atoms with van der Waals surface area (Å²) in [5.74, 6) is 0.660. The number of carbonyl (C=O) groups excluding carboxylic acids is 1. The fraction of sp³-hybridized carbons (Fsp3) is 0.333. The summed E-state index contributed by atoms with van der Waals surface area (Å²) in [7, 11) is 0. The van der Waals surface area contributed by atoms with Crippen molar-refractivity contribution in [3.63, 3.8) is 0 Å². The maximum Gasteiger partial charge on any atom is 0.258 e. The number of hydrogen-bond acceptors (Lipinski definition) is 5. The molecule has 3 rings (SSSR count). The Balaban J connectivity index is 1.85. The van der Waals surface area contributed by atoms with Crippen LogP contribution >= 0.6 is 22.9 Å². The Kier molecular flexibility index (Phi) is 6.07. The summed E-state index contributed by atoms with van der Waals surface area (Å²) >= 11 is 7.49. The van der Waals surface area contributed by atoms with Crippen molar-refractivity contribution in [2.75, 3.05) is 37.7 Å². The first kappa shape index (κ1) is 17.9. The van der Waals surface area contributed by atoms with Crippen molar-refractivity contribution in [3.8, 4) is 0 Å². The summed E-state index contributed by atoms with van der Waals surface area (Å²) in [6.07, 6.45) is 3.45. The van der Waals surface area contributed by atoms with Gasteiger partial charge in [-0.3, -0.25) is 4.79 Å². The van der Waals surface area contributed by atoms with Gasteiger partial charge in [0.05, 0.1) is 29.7 Å². The monoisotopic (exact) mass is 377 g/mol. The molecule has 3 heterocycles. The summed E-state index contributed by atoms with van der Waals surface area (Å²) in [5, 5.41) is 0. The van der Waals surface area contributed by atoms with Crippen LogP contribution in [0.25, 0.3) is 0 Å². The average Bonchev–Trinajstić information content (AvgIpc) is 3.06. The maximum atomic E-state index is 13.2. The molecule has 0 spiro atoms. The van der Waals surface area contributed by atoms with E-state index in [1.165, 1.54) is 11.3 Å². The largest absolute Gasteiger partial charge is 0.378 e. The number of nitrogens with zero attached hydrogens (tertiary/aromatic N) is 3. The second-order valence-electron chi connectivity index (χ2n) is 5.65. The van der Waals surface area contributed by atoms with E-state index >= 15 is 0 Å². The van der Waals surface area contributed by atoms with E-state index in [-0.39, 0.29) is 5.91 Å². The quantitative estimate of drug-likeness (QED) is 0.723. The van der Waals surface area contributed by atoms with Crippen LogP contribution in [0, 0.1) is 0 Å². The maximum absolute atomic E-state index is 13.2. The lowest BCUT2D eigenvalue weighted by molar-refractivity contribution is 0.0763. The fourth-order valence-corrected chi connectivity index (χ4v) is 3.86. The van der Waals surface area contributed by atoms with Gasteiger partial charge in [-0.2, -0.15) is 0 Å². The van der Waals surface area contributed by atoms with Crippen molar-refractivity contribution in [2.45, 2.75) is 6.54 Å². The van der Waals surface area contributed by atoms with Crippen molar-refractivity contribution in [3.05, 3.63) is 57.9 Å². The number of hydrogen-bond donors (Lipinski definition) is 0. The van der Waals surface area contributed by atoms with Gasteiger partial charge in [0.25, 0.3) is 5.91 Å². The minimum Gasteiger partial charge on any atom is -0.378 e. The molecule has 7 heteroatoms. The normalized spacial score (nSPS) is 14.4. The van der Waals surface area contributed by atoms with Crippen LogP contribution in [-0.4, -0.2) is 48.6 Å². The Morgan fingerprint density at radius 1 is 1.40 bits per heavy atom. The number of aromatic nitrogens is 1. The van der Waals surface area contributed by atoms with E-state index < -0.39 is 0 Å². The van der Waals surface area contributed by atoms with Gasteiger partial charge in [-0.15, -0.1) is 17.9 Å². The van der Waals surface area contributed by atoms with Gasteiger partial charge < -0.3 is 14.5 Å². The molecule has 132 valence electrons. The van der Waals surface area contributed by atoms with Gasteiger partial charge in [-0.05, 0) is 24.3 Å². The minimum absolute atomic E-state index is 0.0565. The van der Waals surface area contributed by atoms with E-state index in [0.29, 0.717) is 37.7 Å². The number of rotatable bonds is 6. The zero-order valence-electron chi connectivity index (χ0n) is 13.9. The van der Waals surface area contributed by atoms with E-state index in [1.54, 1.807) is 23.2 Å². The smallest absolute Gasteiger partial charge is 0.258 e. The van der Waals surface area contributed by atoms with Gasteiger partial charge >= 0.3 is 0 Å². The highest BCUT2D eigenvalue weighted by molar-refractivity contribution is 7.16. The van der Waals surface area contributed by atoms with E-state index in [1.807, 2.05) is 18.2 Å². The van der Waals surface area contributed by atoms with E-state index in [2.05, 4.69) is 16.5 Å². The molecule has 0 bridgehead atoms. The SMILES string of the molecule is C=CCN(Cc1ccc(Cl)s1)C(=O)c1cccnc1N1CCOCC1. The third kappa shape index (κ3) is 4.39. The molecular formula is C18H20ClN3O2S. The van der Waals surface area contributed by atoms with Crippen LogP contribution in [0.3, 0.4) is 0 Å². The van der Waals surface area contributed by atoms with Crippen LogP contribution < -0.4 is 4.90 Å². The lowest BCUT2D eigenvalue weighted by Crippen LogP contribution is -2.39. The highest BCUT2D eigenvalue weighted by Gasteiger charge is 2.23. The van der Waals surface area contributed by atoms with Crippen LogP contribution in [0.15, 0.2) is 43.1 Å². The standard InChI is InChI=1S/C18H20ClN3O2S/c1-2-8-22(13-14-5-6-16(19)25-14)18(23)15-4-3-7-20-17(15)21-9-11-24-12-10-21/h2-7H,1,8-13H2. The molecular weight excluding hydrogens is 358 g/mol. The van der Waals surface area contributed by atoms with Gasteiger partial charge in [-0.25, -0.2) is 4.98 Å². The predicted molar refractivity (Wildman–Crippen MR) is 102 cm³/mol. The topological polar surface area (TPSA) is 45.7 Å². The third-order valence-electron chi connectivity index (χ3n) is 3.94. The fourth-order valence-electron chi connectivity index (χ4n) is 2.76. The Morgan fingerprint density at radius 2 is 2.20 bits per heavy atom. The van der Waals surface area contributed by atoms with E-state index in [4.69, 9.17) is 16.3 Å². The Hall–Kier alpha value is -1.89. The first-order chi connectivity index (χ1) is 12.2.